The van der Waals surface area contributed by atoms with Crippen LogP contribution in [0.1, 0.15) is 133 Å². The molecule has 1 aliphatic rings. The van der Waals surface area contributed by atoms with Crippen LogP contribution in [0.15, 0.2) is 66.0 Å². The van der Waals surface area contributed by atoms with Crippen molar-refractivity contribution in [2.75, 3.05) is 11.4 Å². The lowest BCUT2D eigenvalue weighted by Crippen LogP contribution is -2.17. The fourth-order valence-electron chi connectivity index (χ4n) is 7.69. The maximum atomic E-state index is 2.60. The van der Waals surface area contributed by atoms with Gasteiger partial charge in [0.15, 0.2) is 0 Å². The first kappa shape index (κ1) is 37.1. The number of fused-ring (bicyclic) bond motifs is 2. The van der Waals surface area contributed by atoms with E-state index in [0.29, 0.717) is 0 Å². The van der Waals surface area contributed by atoms with Crippen LogP contribution >= 0.6 is 34.0 Å². The first-order chi connectivity index (χ1) is 24.6. The molecule has 266 valence electrons. The van der Waals surface area contributed by atoms with Gasteiger partial charge in [-0.3, -0.25) is 0 Å². The number of rotatable bonds is 19. The highest BCUT2D eigenvalue weighted by molar-refractivity contribution is 7.27. The Morgan fingerprint density at radius 2 is 1.14 bits per heavy atom. The van der Waals surface area contributed by atoms with Gasteiger partial charge in [0.05, 0.1) is 0 Å². The molecule has 3 aromatic heterocycles. The van der Waals surface area contributed by atoms with Crippen LogP contribution in [0.3, 0.4) is 0 Å². The van der Waals surface area contributed by atoms with E-state index in [1.54, 1.807) is 11.1 Å². The van der Waals surface area contributed by atoms with Crippen LogP contribution in [0, 0.1) is 0 Å². The van der Waals surface area contributed by atoms with E-state index in [-0.39, 0.29) is 0 Å². The van der Waals surface area contributed by atoms with Gasteiger partial charge in [-0.05, 0) is 133 Å². The van der Waals surface area contributed by atoms with Crippen LogP contribution < -0.4 is 4.90 Å². The van der Waals surface area contributed by atoms with Crippen molar-refractivity contribution in [3.63, 3.8) is 0 Å². The molecule has 4 heteroatoms. The Labute approximate surface area is 315 Å². The van der Waals surface area contributed by atoms with Gasteiger partial charge in [-0.25, -0.2) is 0 Å². The van der Waals surface area contributed by atoms with Gasteiger partial charge in [-0.2, -0.15) is 0 Å². The van der Waals surface area contributed by atoms with Crippen molar-refractivity contribution >= 4 is 45.4 Å². The van der Waals surface area contributed by atoms with Crippen molar-refractivity contribution in [1.82, 2.24) is 0 Å². The SMILES string of the molecule is CCCCCCc1csc(-c2sc(-c3sc(-c4ccc5c(c4)CCc4ccccc4N5CC)cc3CCCCCC)cc2CCCCCC)c1. The van der Waals surface area contributed by atoms with Crippen molar-refractivity contribution in [1.29, 1.82) is 0 Å². The Bertz CT molecular complexity index is 1780. The van der Waals surface area contributed by atoms with Crippen LogP contribution in [0.2, 0.25) is 0 Å². The minimum absolute atomic E-state index is 0.987. The molecule has 6 rings (SSSR count). The molecule has 2 aromatic carbocycles. The number of nitrogens with zero attached hydrogens (tertiary/aromatic N) is 1. The Kier molecular flexibility index (Phi) is 13.9. The summed E-state index contributed by atoms with van der Waals surface area (Å²) in [4.78, 5) is 10.0. The van der Waals surface area contributed by atoms with Crippen LogP contribution in [0.4, 0.5) is 11.4 Å². The smallest absolute Gasteiger partial charge is 0.0481 e. The highest BCUT2D eigenvalue weighted by Crippen LogP contribution is 2.48. The minimum Gasteiger partial charge on any atom is -0.341 e. The third-order valence-corrected chi connectivity index (χ3v) is 14.3. The van der Waals surface area contributed by atoms with Crippen LogP contribution in [0.5, 0.6) is 0 Å². The first-order valence-electron chi connectivity index (χ1n) is 20.0. The van der Waals surface area contributed by atoms with Gasteiger partial charge >= 0.3 is 0 Å². The number of aryl methyl sites for hydroxylation is 5. The van der Waals surface area contributed by atoms with E-state index in [9.17, 15) is 0 Å². The lowest BCUT2D eigenvalue weighted by Gasteiger charge is -2.25. The second-order valence-electron chi connectivity index (χ2n) is 14.4. The molecule has 0 N–H and O–H groups in total. The fraction of sp³-hybridized carbons (Fsp3) is 0.478. The maximum Gasteiger partial charge on any atom is 0.0481 e. The molecule has 0 aliphatic carbocycles. The zero-order valence-electron chi connectivity index (χ0n) is 31.3. The van der Waals surface area contributed by atoms with Gasteiger partial charge < -0.3 is 4.90 Å². The van der Waals surface area contributed by atoms with Crippen molar-refractivity contribution in [3.8, 4) is 29.9 Å². The number of benzene rings is 2. The summed E-state index contributed by atoms with van der Waals surface area (Å²) >= 11 is 6.11. The summed E-state index contributed by atoms with van der Waals surface area (Å²) in [5, 5.41) is 2.44. The summed E-state index contributed by atoms with van der Waals surface area (Å²) < 4.78 is 0. The van der Waals surface area contributed by atoms with Gasteiger partial charge in [-0.1, -0.05) is 103 Å². The molecule has 4 heterocycles. The van der Waals surface area contributed by atoms with Gasteiger partial charge in [-0.15, -0.1) is 34.0 Å². The van der Waals surface area contributed by atoms with E-state index in [4.69, 9.17) is 0 Å². The normalized spacial score (nSPS) is 12.7. The second-order valence-corrected chi connectivity index (χ2v) is 17.4. The number of anilines is 2. The Morgan fingerprint density at radius 1 is 0.540 bits per heavy atom. The van der Waals surface area contributed by atoms with Crippen LogP contribution in [-0.2, 0) is 32.1 Å². The average molecular weight is 722 g/mol. The molecule has 0 spiro atoms. The van der Waals surface area contributed by atoms with E-state index in [1.165, 1.54) is 154 Å². The first-order valence-corrected chi connectivity index (χ1v) is 22.5. The van der Waals surface area contributed by atoms with Gasteiger partial charge in [0.25, 0.3) is 0 Å². The standard InChI is InChI=1S/C46H59NS3/c1-5-9-12-15-20-34-29-43(48-33-34)45-39(23-17-14-11-7-3)32-44(50-45)46-38(22-16-13-10-6-2)31-42(49-46)37-27-28-41-36(30-37)26-25-35-21-18-19-24-40(35)47(41)8-4/h18-19,21,24,27-33H,5-17,20,22-23,25-26H2,1-4H3. The van der Waals surface area contributed by atoms with Crippen molar-refractivity contribution in [3.05, 3.63) is 93.9 Å². The third-order valence-electron chi connectivity index (χ3n) is 10.6. The topological polar surface area (TPSA) is 3.24 Å². The van der Waals surface area contributed by atoms with Crippen molar-refractivity contribution in [2.45, 2.75) is 137 Å². The largest absolute Gasteiger partial charge is 0.341 e. The maximum absolute atomic E-state index is 2.60. The van der Waals surface area contributed by atoms with E-state index < -0.39 is 0 Å². The number of hydrogen-bond acceptors (Lipinski definition) is 4. The Hall–Kier alpha value is -2.66. The molecule has 0 amide bonds. The number of hydrogen-bond donors (Lipinski definition) is 0. The van der Waals surface area contributed by atoms with Gasteiger partial charge in [0.2, 0.25) is 0 Å². The van der Waals surface area contributed by atoms with E-state index in [1.807, 2.05) is 22.7 Å². The fourth-order valence-corrected chi connectivity index (χ4v) is 11.3. The summed E-state index contributed by atoms with van der Waals surface area (Å²) in [5.74, 6) is 0. The summed E-state index contributed by atoms with van der Waals surface area (Å²) in [6.07, 6.45) is 21.6. The van der Waals surface area contributed by atoms with E-state index >= 15 is 0 Å². The lowest BCUT2D eigenvalue weighted by molar-refractivity contribution is 0.667. The van der Waals surface area contributed by atoms with E-state index in [0.717, 1.165) is 19.4 Å². The lowest BCUT2D eigenvalue weighted by atomic mass is 10.0. The zero-order chi connectivity index (χ0) is 34.7. The van der Waals surface area contributed by atoms with E-state index in [2.05, 4.69) is 110 Å². The summed E-state index contributed by atoms with van der Waals surface area (Å²) in [5.41, 5.74) is 11.8. The van der Waals surface area contributed by atoms with Crippen LogP contribution in [0.25, 0.3) is 29.9 Å². The molecule has 1 nitrogen and oxygen atoms in total. The quantitative estimate of drug-likeness (QED) is 0.0768. The monoisotopic (exact) mass is 721 g/mol. The number of unbranched alkanes of at least 4 members (excludes halogenated alkanes) is 9. The van der Waals surface area contributed by atoms with Crippen LogP contribution in [-0.4, -0.2) is 6.54 Å². The summed E-state index contributed by atoms with van der Waals surface area (Å²) in [6, 6.07) is 24.0. The molecule has 1 aliphatic heterocycles. The summed E-state index contributed by atoms with van der Waals surface area (Å²) in [7, 11) is 0. The molecule has 0 atom stereocenters. The summed E-state index contributed by atoms with van der Waals surface area (Å²) in [6.45, 7) is 10.2. The molecule has 0 fully saturated rings. The number of thiophene rings is 3. The second kappa shape index (κ2) is 18.7. The molecule has 50 heavy (non-hydrogen) atoms. The highest BCUT2D eigenvalue weighted by atomic mass is 32.1. The number of para-hydroxylation sites is 1. The molecule has 0 saturated carbocycles. The minimum atomic E-state index is 0.987. The Morgan fingerprint density at radius 3 is 1.84 bits per heavy atom. The van der Waals surface area contributed by atoms with Gasteiger partial charge in [0, 0.05) is 42.3 Å². The predicted molar refractivity (Wildman–Crippen MR) is 226 cm³/mol. The molecule has 0 saturated heterocycles. The molecule has 5 aromatic rings. The average Bonchev–Trinajstić information content (AvgIpc) is 3.87. The van der Waals surface area contributed by atoms with Crippen molar-refractivity contribution < 1.29 is 0 Å². The zero-order valence-corrected chi connectivity index (χ0v) is 33.7. The molecule has 0 radical (unpaired) electrons. The molecule has 0 unspecified atom stereocenters. The highest BCUT2D eigenvalue weighted by Gasteiger charge is 2.22. The third kappa shape index (κ3) is 9.03. The van der Waals surface area contributed by atoms with Gasteiger partial charge in [0.1, 0.15) is 0 Å². The Balaban J connectivity index is 1.34. The predicted octanol–water partition coefficient (Wildman–Crippen LogP) is 15.5. The van der Waals surface area contributed by atoms with Crippen molar-refractivity contribution in [2.24, 2.45) is 0 Å². The molecular weight excluding hydrogens is 663 g/mol. The molecule has 0 bridgehead atoms. The molecular formula is C46H59NS3.